The van der Waals surface area contributed by atoms with Crippen molar-refractivity contribution in [1.29, 1.82) is 0 Å². The van der Waals surface area contributed by atoms with E-state index in [0.717, 1.165) is 50.0 Å². The van der Waals surface area contributed by atoms with Crippen molar-refractivity contribution in [2.24, 2.45) is 5.73 Å². The molecule has 0 aliphatic carbocycles. The summed E-state index contributed by atoms with van der Waals surface area (Å²) in [5.74, 6) is 1.94. The van der Waals surface area contributed by atoms with Crippen LogP contribution in [0.15, 0.2) is 35.0 Å². The summed E-state index contributed by atoms with van der Waals surface area (Å²) in [4.78, 5) is 9.06. The van der Waals surface area contributed by atoms with Gasteiger partial charge in [0.05, 0.1) is 12.2 Å². The highest BCUT2D eigenvalue weighted by molar-refractivity contribution is 5.38. The van der Waals surface area contributed by atoms with Crippen LogP contribution in [0.25, 0.3) is 0 Å². The van der Waals surface area contributed by atoms with E-state index in [4.69, 9.17) is 10.3 Å². The van der Waals surface area contributed by atoms with Crippen LogP contribution in [0.5, 0.6) is 0 Å². The predicted octanol–water partition coefficient (Wildman–Crippen LogP) is 0.850. The highest BCUT2D eigenvalue weighted by Crippen LogP contribution is 2.14. The first-order chi connectivity index (χ1) is 9.85. The van der Waals surface area contributed by atoms with E-state index < -0.39 is 0 Å². The minimum atomic E-state index is 0.428. The molecule has 2 N–H and O–H groups in total. The first-order valence-electron chi connectivity index (χ1n) is 6.88. The van der Waals surface area contributed by atoms with Crippen molar-refractivity contribution >= 4 is 5.82 Å². The molecule has 0 unspecified atom stereocenters. The molecule has 20 heavy (non-hydrogen) atoms. The van der Waals surface area contributed by atoms with Crippen molar-refractivity contribution in [1.82, 2.24) is 15.0 Å². The number of piperazine rings is 1. The number of hydrogen-bond acceptors (Lipinski definition) is 6. The van der Waals surface area contributed by atoms with E-state index in [1.54, 1.807) is 0 Å². The largest absolute Gasteiger partial charge is 0.360 e. The molecule has 106 valence electrons. The van der Waals surface area contributed by atoms with E-state index in [1.165, 1.54) is 0 Å². The summed E-state index contributed by atoms with van der Waals surface area (Å²) in [6, 6.07) is 7.96. The minimum absolute atomic E-state index is 0.428. The number of nitrogens with zero attached hydrogens (tertiary/aromatic N) is 4. The molecule has 3 rings (SSSR count). The van der Waals surface area contributed by atoms with Crippen molar-refractivity contribution in [2.45, 2.75) is 13.1 Å². The van der Waals surface area contributed by atoms with E-state index in [0.29, 0.717) is 6.54 Å². The molecule has 0 spiro atoms. The predicted molar refractivity (Wildman–Crippen MR) is 76.1 cm³/mol. The zero-order valence-corrected chi connectivity index (χ0v) is 11.4. The fourth-order valence-electron chi connectivity index (χ4n) is 2.42. The summed E-state index contributed by atoms with van der Waals surface area (Å²) in [5.41, 5.74) is 6.34. The van der Waals surface area contributed by atoms with Gasteiger partial charge in [-0.05, 0) is 12.1 Å². The molecule has 2 aromatic rings. The first-order valence-corrected chi connectivity index (χ1v) is 6.88. The van der Waals surface area contributed by atoms with E-state index in [1.807, 2.05) is 24.4 Å². The Balaban J connectivity index is 1.53. The average Bonchev–Trinajstić information content (AvgIpc) is 2.97. The quantitative estimate of drug-likeness (QED) is 0.890. The third-order valence-corrected chi connectivity index (χ3v) is 3.54. The third-order valence-electron chi connectivity index (χ3n) is 3.54. The Morgan fingerprint density at radius 2 is 2.05 bits per heavy atom. The van der Waals surface area contributed by atoms with Crippen LogP contribution in [0.3, 0.4) is 0 Å². The Morgan fingerprint density at radius 3 is 2.70 bits per heavy atom. The maximum atomic E-state index is 5.53. The Morgan fingerprint density at radius 1 is 1.20 bits per heavy atom. The molecule has 1 fully saturated rings. The molecular weight excluding hydrogens is 254 g/mol. The number of anilines is 1. The van der Waals surface area contributed by atoms with Gasteiger partial charge in [0.1, 0.15) is 5.82 Å². The lowest BCUT2D eigenvalue weighted by molar-refractivity contribution is 0.219. The second-order valence-electron chi connectivity index (χ2n) is 4.94. The maximum Gasteiger partial charge on any atom is 0.151 e. The Hall–Kier alpha value is -1.92. The first kappa shape index (κ1) is 13.1. The van der Waals surface area contributed by atoms with E-state index in [2.05, 4.69) is 26.0 Å². The van der Waals surface area contributed by atoms with Gasteiger partial charge in [-0.25, -0.2) is 4.98 Å². The van der Waals surface area contributed by atoms with Crippen LogP contribution >= 0.6 is 0 Å². The van der Waals surface area contributed by atoms with Gasteiger partial charge in [0.2, 0.25) is 0 Å². The molecule has 6 nitrogen and oxygen atoms in total. The molecule has 0 bridgehead atoms. The van der Waals surface area contributed by atoms with Gasteiger partial charge >= 0.3 is 0 Å². The summed E-state index contributed by atoms with van der Waals surface area (Å²) in [6.07, 6.45) is 1.84. The van der Waals surface area contributed by atoms with Gasteiger partial charge in [-0.2, -0.15) is 0 Å². The van der Waals surface area contributed by atoms with Crippen molar-refractivity contribution in [3.8, 4) is 0 Å². The smallest absolute Gasteiger partial charge is 0.151 e. The highest BCUT2D eigenvalue weighted by atomic mass is 16.5. The SMILES string of the molecule is NCc1cc(CN2CCN(c3ccccn3)CC2)on1. The van der Waals surface area contributed by atoms with Gasteiger partial charge in [-0.1, -0.05) is 11.2 Å². The fourth-order valence-corrected chi connectivity index (χ4v) is 2.42. The summed E-state index contributed by atoms with van der Waals surface area (Å²) in [6.45, 7) is 5.17. The van der Waals surface area contributed by atoms with Gasteiger partial charge in [0.25, 0.3) is 0 Å². The van der Waals surface area contributed by atoms with Crippen LogP contribution in [0.2, 0.25) is 0 Å². The summed E-state index contributed by atoms with van der Waals surface area (Å²) >= 11 is 0. The van der Waals surface area contributed by atoms with Crippen molar-refractivity contribution in [2.75, 3.05) is 31.1 Å². The zero-order valence-electron chi connectivity index (χ0n) is 11.4. The molecule has 0 amide bonds. The fraction of sp³-hybridized carbons (Fsp3) is 0.429. The number of rotatable bonds is 4. The Labute approximate surface area is 118 Å². The second kappa shape index (κ2) is 6.02. The molecule has 0 aromatic carbocycles. The molecule has 1 aliphatic rings. The molecule has 0 saturated carbocycles. The van der Waals surface area contributed by atoms with Gasteiger partial charge in [-0.3, -0.25) is 4.90 Å². The van der Waals surface area contributed by atoms with Crippen LogP contribution in [0.1, 0.15) is 11.5 Å². The lowest BCUT2D eigenvalue weighted by Gasteiger charge is -2.34. The van der Waals surface area contributed by atoms with Crippen molar-refractivity contribution in [3.05, 3.63) is 41.9 Å². The van der Waals surface area contributed by atoms with Crippen LogP contribution in [0.4, 0.5) is 5.82 Å². The minimum Gasteiger partial charge on any atom is -0.360 e. The summed E-state index contributed by atoms with van der Waals surface area (Å²) in [7, 11) is 0. The monoisotopic (exact) mass is 273 g/mol. The van der Waals surface area contributed by atoms with Crippen molar-refractivity contribution < 1.29 is 4.52 Å². The molecule has 3 heterocycles. The van der Waals surface area contributed by atoms with Gasteiger partial charge in [0.15, 0.2) is 5.76 Å². The van der Waals surface area contributed by atoms with E-state index in [9.17, 15) is 0 Å². The topological polar surface area (TPSA) is 71.4 Å². The normalized spacial score (nSPS) is 16.6. The Kier molecular flexibility index (Phi) is 3.94. The van der Waals surface area contributed by atoms with Crippen LogP contribution < -0.4 is 10.6 Å². The lowest BCUT2D eigenvalue weighted by atomic mass is 10.2. The summed E-state index contributed by atoms with van der Waals surface area (Å²) in [5, 5.41) is 3.92. The molecule has 6 heteroatoms. The standard InChI is InChI=1S/C14H19N5O/c15-10-12-9-13(20-17-12)11-18-5-7-19(8-6-18)14-3-1-2-4-16-14/h1-4,9H,5-8,10-11,15H2. The maximum absolute atomic E-state index is 5.53. The van der Waals surface area contributed by atoms with Gasteiger partial charge in [-0.15, -0.1) is 0 Å². The van der Waals surface area contributed by atoms with Crippen LogP contribution in [-0.4, -0.2) is 41.2 Å². The third kappa shape index (κ3) is 2.97. The zero-order chi connectivity index (χ0) is 13.8. The van der Waals surface area contributed by atoms with Crippen LogP contribution in [-0.2, 0) is 13.1 Å². The average molecular weight is 273 g/mol. The highest BCUT2D eigenvalue weighted by Gasteiger charge is 2.19. The number of hydrogen-bond donors (Lipinski definition) is 1. The molecule has 1 saturated heterocycles. The molecule has 1 aliphatic heterocycles. The Bertz CT molecular complexity index is 534. The molecular formula is C14H19N5O. The molecule has 0 radical (unpaired) electrons. The van der Waals surface area contributed by atoms with E-state index in [-0.39, 0.29) is 0 Å². The van der Waals surface area contributed by atoms with Crippen molar-refractivity contribution in [3.63, 3.8) is 0 Å². The van der Waals surface area contributed by atoms with Gasteiger partial charge < -0.3 is 15.2 Å². The molecule has 0 atom stereocenters. The lowest BCUT2D eigenvalue weighted by Crippen LogP contribution is -2.46. The number of pyridine rings is 1. The number of aromatic nitrogens is 2. The number of nitrogens with two attached hydrogens (primary N) is 1. The van der Waals surface area contributed by atoms with E-state index >= 15 is 0 Å². The summed E-state index contributed by atoms with van der Waals surface area (Å²) < 4.78 is 5.27. The van der Waals surface area contributed by atoms with Crippen LogP contribution in [0, 0.1) is 0 Å². The van der Waals surface area contributed by atoms with Gasteiger partial charge in [0, 0.05) is 45.0 Å². The molecule has 2 aromatic heterocycles. The second-order valence-corrected chi connectivity index (χ2v) is 4.94.